The van der Waals surface area contributed by atoms with Crippen LogP contribution in [-0.4, -0.2) is 46.4 Å². The summed E-state index contributed by atoms with van der Waals surface area (Å²) in [7, 11) is 0. The van der Waals surface area contributed by atoms with E-state index in [9.17, 15) is 14.4 Å². The Morgan fingerprint density at radius 1 is 1.33 bits per heavy atom. The van der Waals surface area contributed by atoms with E-state index in [4.69, 9.17) is 4.74 Å². The number of amides is 3. The Hall–Kier alpha value is -2.94. The number of fused-ring (bicyclic) bond motifs is 1. The molecule has 4 rings (SSSR count). The third-order valence-corrected chi connectivity index (χ3v) is 5.36. The number of aromatic nitrogens is 1. The lowest BCUT2D eigenvalue weighted by molar-refractivity contribution is -0.134. The van der Waals surface area contributed by atoms with Crippen LogP contribution in [0.4, 0.5) is 5.13 Å². The van der Waals surface area contributed by atoms with Gasteiger partial charge < -0.3 is 20.3 Å². The molecule has 0 aliphatic carbocycles. The average molecular weight is 386 g/mol. The van der Waals surface area contributed by atoms with E-state index in [1.807, 2.05) is 6.07 Å². The summed E-state index contributed by atoms with van der Waals surface area (Å²) < 4.78 is 6.08. The largest absolute Gasteiger partial charge is 0.467 e. The van der Waals surface area contributed by atoms with Crippen LogP contribution in [0, 0.1) is 0 Å². The molecule has 1 aromatic carbocycles. The fourth-order valence-corrected chi connectivity index (χ4v) is 3.84. The smallest absolute Gasteiger partial charge is 0.258 e. The number of rotatable bonds is 3. The molecule has 0 bridgehead atoms. The molecule has 8 nitrogen and oxygen atoms in total. The highest BCUT2D eigenvalue weighted by atomic mass is 32.1. The van der Waals surface area contributed by atoms with Crippen LogP contribution in [0.1, 0.15) is 29.6 Å². The van der Waals surface area contributed by atoms with Crippen molar-refractivity contribution < 1.29 is 19.1 Å². The SMILES string of the molecule is O=C(CN1CCC2(CCC1=O)NC(=O)c1ccccc1O2)Nc1nccs1. The zero-order valence-corrected chi connectivity index (χ0v) is 15.3. The Bertz CT molecular complexity index is 885. The van der Waals surface area contributed by atoms with Crippen LogP contribution in [0.5, 0.6) is 5.75 Å². The number of para-hydroxylation sites is 1. The maximum Gasteiger partial charge on any atom is 0.258 e. The Labute approximate surface area is 159 Å². The highest BCUT2D eigenvalue weighted by Crippen LogP contribution is 2.33. The fraction of sp³-hybridized carbons (Fsp3) is 0.333. The summed E-state index contributed by atoms with van der Waals surface area (Å²) >= 11 is 1.32. The van der Waals surface area contributed by atoms with Gasteiger partial charge in [0.2, 0.25) is 11.8 Å². The average Bonchev–Trinajstić information content (AvgIpc) is 3.11. The fourth-order valence-electron chi connectivity index (χ4n) is 3.30. The second-order valence-electron chi connectivity index (χ2n) is 6.50. The van der Waals surface area contributed by atoms with E-state index in [1.165, 1.54) is 16.2 Å². The first kappa shape index (κ1) is 17.5. The molecule has 27 heavy (non-hydrogen) atoms. The minimum Gasteiger partial charge on any atom is -0.467 e. The first-order valence-electron chi connectivity index (χ1n) is 8.62. The van der Waals surface area contributed by atoms with Gasteiger partial charge in [-0.05, 0) is 12.1 Å². The van der Waals surface area contributed by atoms with Gasteiger partial charge in [0, 0.05) is 37.4 Å². The third kappa shape index (κ3) is 3.63. The minimum absolute atomic E-state index is 0.0565. The van der Waals surface area contributed by atoms with E-state index in [1.54, 1.807) is 29.8 Å². The molecule has 3 heterocycles. The summed E-state index contributed by atoms with van der Waals surface area (Å²) in [5.74, 6) is -0.131. The van der Waals surface area contributed by atoms with E-state index in [2.05, 4.69) is 15.6 Å². The van der Waals surface area contributed by atoms with Crippen molar-refractivity contribution in [2.24, 2.45) is 0 Å². The lowest BCUT2D eigenvalue weighted by Gasteiger charge is -2.38. The summed E-state index contributed by atoms with van der Waals surface area (Å²) in [6, 6.07) is 7.04. The summed E-state index contributed by atoms with van der Waals surface area (Å²) in [6.45, 7) is 0.256. The lowest BCUT2D eigenvalue weighted by Crippen LogP contribution is -2.56. The van der Waals surface area contributed by atoms with E-state index in [0.29, 0.717) is 35.8 Å². The summed E-state index contributed by atoms with van der Waals surface area (Å²) in [5, 5.41) is 7.84. The second-order valence-corrected chi connectivity index (χ2v) is 7.39. The van der Waals surface area contributed by atoms with Crippen LogP contribution in [0.25, 0.3) is 0 Å². The summed E-state index contributed by atoms with van der Waals surface area (Å²) in [6.07, 6.45) is 2.55. The molecule has 9 heteroatoms. The Morgan fingerprint density at radius 3 is 3.00 bits per heavy atom. The second kappa shape index (κ2) is 6.99. The quantitative estimate of drug-likeness (QED) is 0.835. The molecular formula is C18H18N4O4S. The van der Waals surface area contributed by atoms with Gasteiger partial charge in [-0.1, -0.05) is 12.1 Å². The lowest BCUT2D eigenvalue weighted by atomic mass is 10.0. The van der Waals surface area contributed by atoms with Gasteiger partial charge in [0.1, 0.15) is 5.75 Å². The molecule has 1 atom stereocenters. The summed E-state index contributed by atoms with van der Waals surface area (Å²) in [4.78, 5) is 42.6. The monoisotopic (exact) mass is 386 g/mol. The molecule has 140 valence electrons. The van der Waals surface area contributed by atoms with Crippen LogP contribution in [0.3, 0.4) is 0 Å². The van der Waals surface area contributed by atoms with Gasteiger partial charge in [-0.2, -0.15) is 0 Å². The zero-order valence-electron chi connectivity index (χ0n) is 14.4. The molecule has 2 aromatic rings. The minimum atomic E-state index is -0.929. The number of nitrogens with zero attached hydrogens (tertiary/aromatic N) is 2. The number of carbonyl (C=O) groups is 3. The van der Waals surface area contributed by atoms with Gasteiger partial charge >= 0.3 is 0 Å². The number of likely N-dealkylation sites (tertiary alicyclic amines) is 1. The van der Waals surface area contributed by atoms with Crippen molar-refractivity contribution in [2.75, 3.05) is 18.4 Å². The Morgan fingerprint density at radius 2 is 2.19 bits per heavy atom. The van der Waals surface area contributed by atoms with Crippen LogP contribution in [0.2, 0.25) is 0 Å². The molecule has 1 saturated heterocycles. The Balaban J connectivity index is 1.44. The van der Waals surface area contributed by atoms with Crippen LogP contribution in [0.15, 0.2) is 35.8 Å². The van der Waals surface area contributed by atoms with Crippen molar-refractivity contribution in [3.05, 3.63) is 41.4 Å². The molecular weight excluding hydrogens is 368 g/mol. The van der Waals surface area contributed by atoms with Crippen molar-refractivity contribution in [3.8, 4) is 5.75 Å². The Kier molecular flexibility index (Phi) is 4.53. The molecule has 1 spiro atoms. The maximum absolute atomic E-state index is 12.5. The number of hydrogen-bond donors (Lipinski definition) is 2. The molecule has 1 unspecified atom stereocenters. The van der Waals surface area contributed by atoms with Crippen molar-refractivity contribution >= 4 is 34.2 Å². The molecule has 0 saturated carbocycles. The number of carbonyl (C=O) groups excluding carboxylic acids is 3. The van der Waals surface area contributed by atoms with Crippen molar-refractivity contribution in [3.63, 3.8) is 0 Å². The molecule has 1 fully saturated rings. The van der Waals surface area contributed by atoms with Gasteiger partial charge in [0.25, 0.3) is 5.91 Å². The molecule has 2 aliphatic rings. The van der Waals surface area contributed by atoms with Crippen LogP contribution >= 0.6 is 11.3 Å². The molecule has 0 radical (unpaired) electrons. The van der Waals surface area contributed by atoms with E-state index >= 15 is 0 Å². The predicted molar refractivity (Wildman–Crippen MR) is 98.4 cm³/mol. The molecule has 2 N–H and O–H groups in total. The number of ether oxygens (including phenoxy) is 1. The topological polar surface area (TPSA) is 101 Å². The number of anilines is 1. The van der Waals surface area contributed by atoms with Gasteiger partial charge in [0.15, 0.2) is 10.9 Å². The number of thiazole rings is 1. The van der Waals surface area contributed by atoms with Crippen LogP contribution in [-0.2, 0) is 9.59 Å². The third-order valence-electron chi connectivity index (χ3n) is 4.67. The molecule has 1 aromatic heterocycles. The van der Waals surface area contributed by atoms with Gasteiger partial charge in [-0.3, -0.25) is 14.4 Å². The van der Waals surface area contributed by atoms with Crippen molar-refractivity contribution in [2.45, 2.75) is 25.0 Å². The van der Waals surface area contributed by atoms with Crippen LogP contribution < -0.4 is 15.4 Å². The first-order chi connectivity index (χ1) is 13.0. The van der Waals surface area contributed by atoms with Gasteiger partial charge in [0.05, 0.1) is 12.1 Å². The summed E-state index contributed by atoms with van der Waals surface area (Å²) in [5.41, 5.74) is -0.444. The maximum atomic E-state index is 12.5. The number of benzene rings is 1. The van der Waals surface area contributed by atoms with Gasteiger partial charge in [-0.15, -0.1) is 11.3 Å². The van der Waals surface area contributed by atoms with Gasteiger partial charge in [-0.25, -0.2) is 4.98 Å². The zero-order chi connectivity index (χ0) is 18.9. The first-order valence-corrected chi connectivity index (χ1v) is 9.50. The van der Waals surface area contributed by atoms with E-state index < -0.39 is 5.72 Å². The molecule has 2 aliphatic heterocycles. The highest BCUT2D eigenvalue weighted by Gasteiger charge is 2.42. The van der Waals surface area contributed by atoms with Crippen molar-refractivity contribution in [1.82, 2.24) is 15.2 Å². The molecule has 3 amide bonds. The van der Waals surface area contributed by atoms with E-state index in [0.717, 1.165) is 0 Å². The normalized spacial score (nSPS) is 21.9. The number of hydrogen-bond acceptors (Lipinski definition) is 6. The predicted octanol–water partition coefficient (Wildman–Crippen LogP) is 1.61. The highest BCUT2D eigenvalue weighted by molar-refractivity contribution is 7.13. The van der Waals surface area contributed by atoms with E-state index in [-0.39, 0.29) is 30.7 Å². The van der Waals surface area contributed by atoms with Crippen molar-refractivity contribution in [1.29, 1.82) is 0 Å². The number of nitrogens with one attached hydrogen (secondary N) is 2. The standard InChI is InChI=1S/C18H18N4O4S/c23-14(20-17-19-8-10-27-17)11-22-9-7-18(6-5-15(22)24)21-16(25)12-3-1-2-4-13(12)26-18/h1-4,8,10H,5-7,9,11H2,(H,21,25)(H,19,20,23).